The molecule has 1 aliphatic rings. The van der Waals surface area contributed by atoms with Crippen LogP contribution in [-0.2, 0) is 19.1 Å². The summed E-state index contributed by atoms with van der Waals surface area (Å²) in [5, 5.41) is 9.21. The van der Waals surface area contributed by atoms with Crippen molar-refractivity contribution in [2.24, 2.45) is 29.6 Å². The van der Waals surface area contributed by atoms with Crippen LogP contribution in [0.3, 0.4) is 0 Å². The van der Waals surface area contributed by atoms with Gasteiger partial charge < -0.3 is 37.9 Å². The quantitative estimate of drug-likeness (QED) is 0.0555. The molecule has 0 saturated carbocycles. The fraction of sp³-hybridized carbons (Fsp3) is 0.702. The maximum absolute atomic E-state index is 14.3. The predicted octanol–water partition coefficient (Wildman–Crippen LogP) is 6.44. The van der Waals surface area contributed by atoms with Gasteiger partial charge in [-0.25, -0.2) is 0 Å². The standard InChI is InChI=1S/C36H66N3O4.C9H13O.CH4.CH3.K/c1-16-26(9)34(31(42-14)22-32(40)39-20-18-19-30(39)35(43-15)27(10)17-2)38(13)36(41)29(23(3)4)21-28(11)33(24(5)6)37(12)25(7)8;1-4-7-8(5-2)9(10)6-3;;;/h23-27,29-31,33-35H,2,11,16,18-22H2,1,3-10,12-15H3;4-7,9-10H,1-2H2,3H3;1H4;1H3;/q2*-1;;-1;+1/b;8-7+;;;/t26?,27?,29-,30?,31?,33?,34?,35?;;;;/m0..../s1. The molecule has 0 bridgehead atoms. The molecule has 0 radical (unpaired) electrons. The van der Waals surface area contributed by atoms with Crippen molar-refractivity contribution in [3.63, 3.8) is 0 Å². The van der Waals surface area contributed by atoms with Crippen LogP contribution in [0.25, 0.3) is 0 Å². The molecule has 9 atom stereocenters. The number of aliphatic hydroxyl groups excluding tert-OH is 1. The maximum Gasteiger partial charge on any atom is 1.00 e. The van der Waals surface area contributed by atoms with Gasteiger partial charge in [-0.1, -0.05) is 111 Å². The van der Waals surface area contributed by atoms with E-state index in [-0.39, 0.29) is 132 Å². The van der Waals surface area contributed by atoms with Crippen LogP contribution >= 0.6 is 0 Å². The summed E-state index contributed by atoms with van der Waals surface area (Å²) in [6, 6.07) is 0.317. The van der Waals surface area contributed by atoms with Crippen LogP contribution < -0.4 is 51.4 Å². The molecule has 1 fully saturated rings. The molecule has 1 heterocycles. The fourth-order valence-corrected chi connectivity index (χ4v) is 7.71. The van der Waals surface area contributed by atoms with Gasteiger partial charge in [0.05, 0.1) is 30.7 Å². The SMILES string of the molecule is C.C=C/C=C(\C=C)C(O)[CH-]C.C=[C-]C(C)C(OC)C1CCCN1C(=O)CC(OC)C(C(C)CC)N(C)C(=O)[C@@H](CC(=C)C(C(C)C)N(C)C(C)C)C(C)C.[CH3-].[K+]. The molecule has 8 unspecified atom stereocenters. The summed E-state index contributed by atoms with van der Waals surface area (Å²) < 4.78 is 11.9. The van der Waals surface area contributed by atoms with Crippen molar-refractivity contribution in [2.75, 3.05) is 34.9 Å². The molecule has 9 heteroatoms. The first-order valence-corrected chi connectivity index (χ1v) is 19.8. The molecular formula is C47H86KN3O5-2. The Labute approximate surface area is 390 Å². The van der Waals surface area contributed by atoms with Gasteiger partial charge in [0.25, 0.3) is 0 Å². The van der Waals surface area contributed by atoms with E-state index in [1.54, 1.807) is 45.8 Å². The van der Waals surface area contributed by atoms with Gasteiger partial charge in [0.1, 0.15) is 0 Å². The number of likely N-dealkylation sites (tertiary alicyclic amines) is 1. The van der Waals surface area contributed by atoms with Crippen LogP contribution in [0.1, 0.15) is 109 Å². The number of allylic oxidation sites excluding steroid dienone is 2. The molecule has 0 spiro atoms. The van der Waals surface area contributed by atoms with Crippen molar-refractivity contribution in [1.29, 1.82) is 0 Å². The smallest absolute Gasteiger partial charge is 0.498 e. The molecule has 1 rings (SSSR count). The molecule has 1 aliphatic heterocycles. The average Bonchev–Trinajstić information content (AvgIpc) is 3.61. The van der Waals surface area contributed by atoms with Gasteiger partial charge in [0.2, 0.25) is 11.8 Å². The zero-order chi connectivity index (χ0) is 41.2. The number of likely N-dealkylation sites (N-methyl/N-ethyl adjacent to an activating group) is 2. The van der Waals surface area contributed by atoms with Crippen molar-refractivity contribution in [3.8, 4) is 0 Å². The first-order chi connectivity index (χ1) is 24.8. The summed E-state index contributed by atoms with van der Waals surface area (Å²) in [5.41, 5.74) is 1.88. The second-order valence-electron chi connectivity index (χ2n) is 15.8. The Morgan fingerprint density at radius 2 is 1.59 bits per heavy atom. The Morgan fingerprint density at radius 1 is 1.02 bits per heavy atom. The van der Waals surface area contributed by atoms with E-state index in [2.05, 4.69) is 99.7 Å². The van der Waals surface area contributed by atoms with Crippen LogP contribution in [0.2, 0.25) is 0 Å². The second-order valence-corrected chi connectivity index (χ2v) is 15.8. The fourth-order valence-electron chi connectivity index (χ4n) is 7.71. The molecule has 322 valence electrons. The average molecular weight is 812 g/mol. The van der Waals surface area contributed by atoms with E-state index in [4.69, 9.17) is 9.47 Å². The van der Waals surface area contributed by atoms with Crippen molar-refractivity contribution in [1.82, 2.24) is 14.7 Å². The van der Waals surface area contributed by atoms with Gasteiger partial charge in [0, 0.05) is 45.8 Å². The summed E-state index contributed by atoms with van der Waals surface area (Å²) in [5.74, 6) is 0.625. The number of carbonyl (C=O) groups excluding carboxylic acids is 2. The molecule has 1 N–H and O–H groups in total. The van der Waals surface area contributed by atoms with Crippen molar-refractivity contribution >= 4 is 11.8 Å². The number of nitrogens with zero attached hydrogens (tertiary/aromatic N) is 3. The number of hydrogen-bond acceptors (Lipinski definition) is 6. The third-order valence-electron chi connectivity index (χ3n) is 11.3. The number of amides is 2. The Balaban J connectivity index is -0.000000911. The Kier molecular flexibility index (Phi) is 35.3. The monoisotopic (exact) mass is 812 g/mol. The normalized spacial score (nSPS) is 18.4. The largest absolute Gasteiger partial charge is 1.00 e. The van der Waals surface area contributed by atoms with E-state index in [1.165, 1.54) is 0 Å². The summed E-state index contributed by atoms with van der Waals surface area (Å²) in [6.45, 7) is 37.3. The summed E-state index contributed by atoms with van der Waals surface area (Å²) >= 11 is 0. The molecule has 0 aliphatic carbocycles. The Hall–Kier alpha value is -0.884. The summed E-state index contributed by atoms with van der Waals surface area (Å²) in [7, 11) is 7.40. The molecule has 1 saturated heterocycles. The van der Waals surface area contributed by atoms with Crippen LogP contribution in [0.15, 0.2) is 55.7 Å². The van der Waals surface area contributed by atoms with E-state index >= 15 is 0 Å². The maximum atomic E-state index is 14.3. The molecule has 56 heavy (non-hydrogen) atoms. The van der Waals surface area contributed by atoms with E-state index in [9.17, 15) is 14.7 Å². The zero-order valence-electron chi connectivity index (χ0n) is 38.2. The summed E-state index contributed by atoms with van der Waals surface area (Å²) in [6.07, 6.45) is 12.2. The molecule has 2 amide bonds. The summed E-state index contributed by atoms with van der Waals surface area (Å²) in [4.78, 5) is 34.4. The van der Waals surface area contributed by atoms with Crippen LogP contribution in [0.4, 0.5) is 0 Å². The van der Waals surface area contributed by atoms with Gasteiger partial charge in [0.15, 0.2) is 0 Å². The molecule has 0 aromatic rings. The first-order valence-electron chi connectivity index (χ1n) is 19.8. The zero-order valence-corrected chi connectivity index (χ0v) is 41.4. The van der Waals surface area contributed by atoms with Gasteiger partial charge >= 0.3 is 51.4 Å². The van der Waals surface area contributed by atoms with E-state index in [0.717, 1.165) is 30.4 Å². The van der Waals surface area contributed by atoms with E-state index < -0.39 is 12.2 Å². The number of methoxy groups -OCH3 is 2. The van der Waals surface area contributed by atoms with Crippen molar-refractivity contribution in [3.05, 3.63) is 75.6 Å². The molecule has 8 nitrogen and oxygen atoms in total. The number of rotatable bonds is 23. The minimum Gasteiger partial charge on any atom is -0.498 e. The second kappa shape index (κ2) is 32.0. The first kappa shape index (κ1) is 61.8. The van der Waals surface area contributed by atoms with Gasteiger partial charge in [-0.05, 0) is 64.0 Å². The van der Waals surface area contributed by atoms with Crippen LogP contribution in [-0.4, -0.2) is 109 Å². The topological polar surface area (TPSA) is 82.5 Å². The van der Waals surface area contributed by atoms with E-state index in [0.29, 0.717) is 24.9 Å². The van der Waals surface area contributed by atoms with Gasteiger partial charge in [-0.2, -0.15) is 6.92 Å². The van der Waals surface area contributed by atoms with Crippen molar-refractivity contribution in [2.45, 2.75) is 151 Å². The van der Waals surface area contributed by atoms with Crippen molar-refractivity contribution < 1.29 is 75.6 Å². The third-order valence-corrected chi connectivity index (χ3v) is 11.3. The Bertz CT molecular complexity index is 1170. The predicted molar refractivity (Wildman–Crippen MR) is 236 cm³/mol. The van der Waals surface area contributed by atoms with Gasteiger partial charge in [-0.15, -0.1) is 5.92 Å². The third kappa shape index (κ3) is 18.6. The number of hydrogen-bond donors (Lipinski definition) is 1. The minimum atomic E-state index is -0.518. The van der Waals surface area contributed by atoms with Crippen LogP contribution in [0.5, 0.6) is 0 Å². The number of ether oxygens (including phenoxy) is 2. The molecular weight excluding hydrogens is 726 g/mol. The molecule has 0 aromatic carbocycles. The van der Waals surface area contributed by atoms with Gasteiger partial charge in [-0.3, -0.25) is 27.5 Å². The minimum absolute atomic E-state index is 0. The number of aliphatic hydroxyl groups is 1. The number of carbonyl (C=O) groups is 2. The Morgan fingerprint density at radius 3 is 1.98 bits per heavy atom. The van der Waals surface area contributed by atoms with E-state index in [1.807, 2.05) is 23.8 Å². The molecule has 0 aromatic heterocycles. The van der Waals surface area contributed by atoms with Crippen LogP contribution in [0, 0.1) is 49.5 Å².